The average molecular weight is 743 g/mol. The number of nitrogens with one attached hydrogen (secondary N) is 1. The molecule has 1 fully saturated rings. The van der Waals surface area contributed by atoms with E-state index in [-0.39, 0.29) is 48.6 Å². The monoisotopic (exact) mass is 741 g/mol. The second-order valence-electron chi connectivity index (χ2n) is 13.3. The van der Waals surface area contributed by atoms with Crippen molar-refractivity contribution >= 4 is 50.2 Å². The van der Waals surface area contributed by atoms with Crippen LogP contribution in [0.5, 0.6) is 0 Å². The van der Waals surface area contributed by atoms with Crippen LogP contribution < -0.4 is 5.32 Å². The number of amides is 2. The summed E-state index contributed by atoms with van der Waals surface area (Å²) < 4.78 is 7.97. The number of ether oxygens (including phenoxy) is 1. The lowest BCUT2D eigenvalue weighted by Crippen LogP contribution is -2.49. The van der Waals surface area contributed by atoms with E-state index in [1.165, 1.54) is 11.6 Å². The molecule has 2 aliphatic heterocycles. The lowest BCUT2D eigenvalue weighted by molar-refractivity contribution is -0.140. The Morgan fingerprint density at radius 3 is 2.64 bits per heavy atom. The lowest BCUT2D eigenvalue weighted by atomic mass is 9.81. The van der Waals surface area contributed by atoms with E-state index in [1.807, 2.05) is 63.3 Å². The Morgan fingerprint density at radius 1 is 1.10 bits per heavy atom. The van der Waals surface area contributed by atoms with Crippen molar-refractivity contribution in [2.24, 2.45) is 5.41 Å². The Morgan fingerprint density at radius 2 is 1.88 bits per heavy atom. The summed E-state index contributed by atoms with van der Waals surface area (Å²) in [6.07, 6.45) is 8.50. The first kappa shape index (κ1) is 35.2. The summed E-state index contributed by atoms with van der Waals surface area (Å²) in [5.74, 6) is -0.154. The van der Waals surface area contributed by atoms with E-state index in [2.05, 4.69) is 41.3 Å². The topological polar surface area (TPSA) is 149 Å². The Labute approximate surface area is 298 Å². The van der Waals surface area contributed by atoms with Gasteiger partial charge in [0.15, 0.2) is 11.6 Å². The number of aryl methyl sites for hydroxylation is 1. The van der Waals surface area contributed by atoms with Crippen LogP contribution in [0.3, 0.4) is 0 Å². The fourth-order valence-electron chi connectivity index (χ4n) is 6.78. The molecule has 12 nitrogen and oxygen atoms in total. The van der Waals surface area contributed by atoms with Crippen molar-refractivity contribution in [1.29, 1.82) is 0 Å². The van der Waals surface area contributed by atoms with E-state index in [0.717, 1.165) is 16.7 Å². The van der Waals surface area contributed by atoms with Gasteiger partial charge < -0.3 is 15.0 Å². The van der Waals surface area contributed by atoms with Crippen molar-refractivity contribution in [3.8, 4) is 11.1 Å². The third-order valence-electron chi connectivity index (χ3n) is 9.81. The minimum absolute atomic E-state index is 0.00225. The first-order valence-electron chi connectivity index (χ1n) is 16.7. The molecule has 50 heavy (non-hydrogen) atoms. The van der Waals surface area contributed by atoms with E-state index in [4.69, 9.17) is 4.74 Å². The summed E-state index contributed by atoms with van der Waals surface area (Å²) >= 11 is 3.44. The van der Waals surface area contributed by atoms with Crippen LogP contribution in [-0.4, -0.2) is 78.2 Å². The Kier molecular flexibility index (Phi) is 10.4. The molecule has 0 saturated carbocycles. The summed E-state index contributed by atoms with van der Waals surface area (Å²) in [6, 6.07) is 8.11. The average Bonchev–Trinajstić information content (AvgIpc) is 3.58. The van der Waals surface area contributed by atoms with E-state index in [9.17, 15) is 19.2 Å². The van der Waals surface area contributed by atoms with Crippen LogP contribution in [0, 0.1) is 12.3 Å². The Balaban J connectivity index is 1.34. The van der Waals surface area contributed by atoms with Crippen LogP contribution in [0.1, 0.15) is 67.6 Å². The van der Waals surface area contributed by atoms with Crippen molar-refractivity contribution < 1.29 is 23.9 Å². The predicted molar refractivity (Wildman–Crippen MR) is 190 cm³/mol. The molecule has 0 unspecified atom stereocenters. The van der Waals surface area contributed by atoms with Crippen molar-refractivity contribution in [3.05, 3.63) is 82.3 Å². The summed E-state index contributed by atoms with van der Waals surface area (Å²) in [7, 11) is 0. The Bertz CT molecular complexity index is 1990. The van der Waals surface area contributed by atoms with Gasteiger partial charge in [-0.2, -0.15) is 5.10 Å². The maximum absolute atomic E-state index is 14.4. The summed E-state index contributed by atoms with van der Waals surface area (Å²) in [6.45, 7) is 7.92. The van der Waals surface area contributed by atoms with Gasteiger partial charge in [-0.25, -0.2) is 15.0 Å². The van der Waals surface area contributed by atoms with Crippen LogP contribution in [0.2, 0.25) is 0 Å². The van der Waals surface area contributed by atoms with Crippen molar-refractivity contribution in [1.82, 2.24) is 34.9 Å². The number of pyridine rings is 1. The number of carbonyl (C=O) groups excluding carboxylic acids is 4. The van der Waals surface area contributed by atoms with Crippen LogP contribution in [0.4, 0.5) is 0 Å². The number of benzene rings is 1. The van der Waals surface area contributed by atoms with Gasteiger partial charge in [-0.15, -0.1) is 0 Å². The molecule has 5 heterocycles. The van der Waals surface area contributed by atoms with E-state index < -0.39 is 17.5 Å². The van der Waals surface area contributed by atoms with Crippen molar-refractivity contribution in [2.75, 3.05) is 13.2 Å². The van der Waals surface area contributed by atoms with Gasteiger partial charge in [0.05, 0.1) is 36.9 Å². The lowest BCUT2D eigenvalue weighted by Gasteiger charge is -2.33. The molecule has 0 spiro atoms. The molecular weight excluding hydrogens is 702 g/mol. The van der Waals surface area contributed by atoms with Gasteiger partial charge in [-0.1, -0.05) is 31.2 Å². The summed E-state index contributed by atoms with van der Waals surface area (Å²) in [5, 5.41) is 8.25. The first-order chi connectivity index (χ1) is 23.9. The predicted octanol–water partition coefficient (Wildman–Crippen LogP) is 4.95. The third kappa shape index (κ3) is 7.43. The first-order valence-corrected chi connectivity index (χ1v) is 17.5. The molecule has 13 heteroatoms. The SMILES string of the molecule is CC(=O)c1nn(CC(=O)N2[C@H]3C[C@](C)(CNC(=O)CCC=CCOCc4ccc(Br)nc4CC3=O)[C@H]2C)c2ccc(-c3cnc(C)nc3)cc12. The molecule has 1 N–H and O–H groups in total. The molecule has 2 amide bonds. The number of allylic oxidation sites excluding steroid dienone is 1. The minimum Gasteiger partial charge on any atom is -0.373 e. The highest BCUT2D eigenvalue weighted by Crippen LogP contribution is 2.41. The zero-order valence-electron chi connectivity index (χ0n) is 28.6. The highest BCUT2D eigenvalue weighted by atomic mass is 79.9. The van der Waals surface area contributed by atoms with Gasteiger partial charge in [0.1, 0.15) is 22.7 Å². The molecule has 6 rings (SSSR count). The number of carbonyl (C=O) groups is 4. The molecule has 3 atom stereocenters. The quantitative estimate of drug-likeness (QED) is 0.174. The molecule has 2 aliphatic rings. The Hall–Kier alpha value is -4.62. The molecule has 1 aromatic carbocycles. The minimum atomic E-state index is -0.770. The van der Waals surface area contributed by atoms with E-state index in [1.54, 1.807) is 17.3 Å². The van der Waals surface area contributed by atoms with Crippen molar-refractivity contribution in [2.45, 2.75) is 78.6 Å². The largest absolute Gasteiger partial charge is 0.373 e. The van der Waals surface area contributed by atoms with Gasteiger partial charge in [0.25, 0.3) is 0 Å². The number of likely N-dealkylation sites (tertiary alicyclic amines) is 1. The second kappa shape index (κ2) is 14.7. The fourth-order valence-corrected chi connectivity index (χ4v) is 7.13. The molecule has 260 valence electrons. The molecule has 3 aromatic heterocycles. The number of ketones is 2. The molecule has 2 bridgehead atoms. The van der Waals surface area contributed by atoms with Crippen LogP contribution in [0.15, 0.2) is 59.5 Å². The van der Waals surface area contributed by atoms with Crippen molar-refractivity contribution in [3.63, 3.8) is 0 Å². The number of hydrogen-bond donors (Lipinski definition) is 1. The maximum atomic E-state index is 14.4. The number of fused-ring (bicyclic) bond motifs is 4. The number of halogens is 1. The number of nitrogens with zero attached hydrogens (tertiary/aromatic N) is 6. The standard InChI is InChI=1S/C37H40BrN7O5/c1-22(46)36-28-14-25(27-17-39-24(3)40-18-27)9-11-30(28)44(43-36)19-35(49)45-23(2)37(4)16-31(45)32(47)15-29-26(10-12-33(38)42-29)20-50-13-7-5-6-8-34(48)41-21-37/h5,7,9-12,14,17-18,23,31H,6,8,13,15-16,19-21H2,1-4H3,(H,41,48)/t23-,31+,37-/m1/s1. The molecular formula is C37H40BrN7O5. The van der Waals surface area contributed by atoms with Crippen LogP contribution >= 0.6 is 15.9 Å². The van der Waals surface area contributed by atoms with Crippen LogP contribution in [0.25, 0.3) is 22.0 Å². The van der Waals surface area contributed by atoms with Gasteiger partial charge in [-0.05, 0) is 71.9 Å². The summed E-state index contributed by atoms with van der Waals surface area (Å²) in [5.41, 5.74) is 3.25. The molecule has 1 saturated heterocycles. The smallest absolute Gasteiger partial charge is 0.245 e. The van der Waals surface area contributed by atoms with Gasteiger partial charge in [-0.3, -0.25) is 23.9 Å². The van der Waals surface area contributed by atoms with E-state index in [0.29, 0.717) is 59.4 Å². The fraction of sp³-hybridized carbons (Fsp3) is 0.405. The van der Waals surface area contributed by atoms with Gasteiger partial charge in [0.2, 0.25) is 11.8 Å². The number of hydrogen-bond acceptors (Lipinski definition) is 9. The van der Waals surface area contributed by atoms with Gasteiger partial charge >= 0.3 is 0 Å². The highest BCUT2D eigenvalue weighted by molar-refractivity contribution is 9.10. The molecule has 0 aliphatic carbocycles. The van der Waals surface area contributed by atoms with Gasteiger partial charge in [0, 0.05) is 54.7 Å². The molecule has 0 radical (unpaired) electrons. The second-order valence-corrected chi connectivity index (χ2v) is 14.2. The van der Waals surface area contributed by atoms with Crippen LogP contribution in [-0.2, 0) is 38.7 Å². The highest BCUT2D eigenvalue weighted by Gasteiger charge is 2.51. The maximum Gasteiger partial charge on any atom is 0.245 e. The number of Topliss-reactive ketones (excluding diaryl/α,β-unsaturated/α-hetero) is 2. The number of rotatable bonds is 4. The number of aromatic nitrogens is 5. The third-order valence-corrected chi connectivity index (χ3v) is 10.2. The zero-order valence-corrected chi connectivity index (χ0v) is 30.2. The molecule has 4 aromatic rings. The normalized spacial score (nSPS) is 21.9. The van der Waals surface area contributed by atoms with E-state index >= 15 is 0 Å². The summed E-state index contributed by atoms with van der Waals surface area (Å²) in [4.78, 5) is 69.0. The zero-order chi connectivity index (χ0) is 35.6.